The molecule has 0 bridgehead atoms. The van der Waals surface area contributed by atoms with Crippen molar-refractivity contribution in [3.8, 4) is 5.75 Å². The summed E-state index contributed by atoms with van der Waals surface area (Å²) >= 11 is 0. The van der Waals surface area contributed by atoms with E-state index in [0.29, 0.717) is 18.8 Å². The van der Waals surface area contributed by atoms with Crippen molar-refractivity contribution in [2.45, 2.75) is 30.9 Å². The van der Waals surface area contributed by atoms with Crippen molar-refractivity contribution in [2.75, 3.05) is 13.2 Å². The van der Waals surface area contributed by atoms with Crippen molar-refractivity contribution in [3.05, 3.63) is 59.9 Å². The van der Waals surface area contributed by atoms with Gasteiger partial charge >= 0.3 is 0 Å². The molecule has 2 aliphatic heterocycles. The Morgan fingerprint density at radius 2 is 1.88 bits per heavy atom. The second-order valence-electron chi connectivity index (χ2n) is 6.40. The molecule has 1 aromatic carbocycles. The molecule has 0 aliphatic carbocycles. The van der Waals surface area contributed by atoms with Gasteiger partial charge in [-0.1, -0.05) is 18.2 Å². The van der Waals surface area contributed by atoms with Crippen LogP contribution in [-0.4, -0.2) is 29.7 Å². The minimum absolute atomic E-state index is 0.0614. The molecular weight excluding hydrogens is 304 g/mol. The molecule has 0 radical (unpaired) electrons. The summed E-state index contributed by atoms with van der Waals surface area (Å²) in [5.74, 6) is 0.784. The number of nitrogens with zero attached hydrogens (tertiary/aromatic N) is 1. The Kier molecular flexibility index (Phi) is 3.94. The van der Waals surface area contributed by atoms with Crippen molar-refractivity contribution in [1.82, 2.24) is 10.3 Å². The van der Waals surface area contributed by atoms with E-state index in [-0.39, 0.29) is 17.6 Å². The second-order valence-corrected chi connectivity index (χ2v) is 6.40. The van der Waals surface area contributed by atoms with Gasteiger partial charge in [-0.2, -0.15) is 0 Å². The van der Waals surface area contributed by atoms with E-state index in [1.165, 1.54) is 0 Å². The first-order valence-corrected chi connectivity index (χ1v) is 8.32. The summed E-state index contributed by atoms with van der Waals surface area (Å²) in [7, 11) is 0. The Labute approximate surface area is 141 Å². The number of benzene rings is 1. The molecule has 1 amide bonds. The van der Waals surface area contributed by atoms with Gasteiger partial charge in [0.1, 0.15) is 11.4 Å². The Morgan fingerprint density at radius 1 is 1.12 bits per heavy atom. The quantitative estimate of drug-likeness (QED) is 0.923. The number of hydrogen-bond acceptors (Lipinski definition) is 4. The van der Waals surface area contributed by atoms with Crippen molar-refractivity contribution >= 4 is 5.91 Å². The highest BCUT2D eigenvalue weighted by Gasteiger charge is 2.42. The van der Waals surface area contributed by atoms with E-state index in [2.05, 4.69) is 10.3 Å². The molecule has 1 saturated heterocycles. The van der Waals surface area contributed by atoms with Crippen LogP contribution < -0.4 is 10.1 Å². The predicted octanol–water partition coefficient (Wildman–Crippen LogP) is 2.88. The molecule has 1 atom stereocenters. The number of para-hydroxylation sites is 1. The topological polar surface area (TPSA) is 60.5 Å². The lowest BCUT2D eigenvalue weighted by Gasteiger charge is -2.44. The number of nitrogens with one attached hydrogen (secondary N) is 1. The van der Waals surface area contributed by atoms with Crippen LogP contribution in [0.25, 0.3) is 0 Å². The van der Waals surface area contributed by atoms with E-state index < -0.39 is 0 Å². The number of pyridine rings is 1. The lowest BCUT2D eigenvalue weighted by atomic mass is 9.82. The van der Waals surface area contributed by atoms with Gasteiger partial charge in [-0.3, -0.25) is 9.78 Å². The van der Waals surface area contributed by atoms with Gasteiger partial charge in [-0.05, 0) is 18.2 Å². The lowest BCUT2D eigenvalue weighted by molar-refractivity contribution is -0.0639. The Hall–Kier alpha value is -2.40. The standard InChI is InChI=1S/C19H20N2O3/c22-18(14-5-9-20-10-6-14)21-16-13-19(7-11-23-12-8-19)24-17-4-2-1-3-15(16)17/h1-6,9-10,16H,7-8,11-13H2,(H,21,22)/t16-/m1/s1. The number of carbonyl (C=O) groups excluding carboxylic acids is 1. The maximum absolute atomic E-state index is 12.6. The van der Waals surface area contributed by atoms with E-state index in [1.807, 2.05) is 24.3 Å². The van der Waals surface area contributed by atoms with Crippen molar-refractivity contribution < 1.29 is 14.3 Å². The molecule has 124 valence electrons. The Balaban J connectivity index is 1.62. The van der Waals surface area contributed by atoms with E-state index in [4.69, 9.17) is 9.47 Å². The number of aromatic nitrogens is 1. The number of fused-ring (bicyclic) bond motifs is 1. The average molecular weight is 324 g/mol. The summed E-state index contributed by atoms with van der Waals surface area (Å²) in [4.78, 5) is 16.6. The van der Waals surface area contributed by atoms with Crippen molar-refractivity contribution in [1.29, 1.82) is 0 Å². The molecule has 1 spiro atoms. The summed E-state index contributed by atoms with van der Waals surface area (Å²) in [5, 5.41) is 3.18. The van der Waals surface area contributed by atoms with Crippen LogP contribution in [0.2, 0.25) is 0 Å². The lowest BCUT2D eigenvalue weighted by Crippen LogP contribution is -2.48. The van der Waals surface area contributed by atoms with Gasteiger partial charge in [0, 0.05) is 42.8 Å². The van der Waals surface area contributed by atoms with Crippen LogP contribution in [0, 0.1) is 0 Å². The number of hydrogen-bond donors (Lipinski definition) is 1. The van der Waals surface area contributed by atoms with E-state index in [1.54, 1.807) is 24.5 Å². The highest BCUT2D eigenvalue weighted by atomic mass is 16.5. The Morgan fingerprint density at radius 3 is 2.67 bits per heavy atom. The van der Waals surface area contributed by atoms with E-state index in [9.17, 15) is 4.79 Å². The monoisotopic (exact) mass is 324 g/mol. The van der Waals surface area contributed by atoms with Crippen molar-refractivity contribution in [3.63, 3.8) is 0 Å². The summed E-state index contributed by atoms with van der Waals surface area (Å²) in [6, 6.07) is 11.4. The summed E-state index contributed by atoms with van der Waals surface area (Å²) in [5.41, 5.74) is 1.41. The van der Waals surface area contributed by atoms with Crippen LogP contribution in [0.4, 0.5) is 0 Å². The molecule has 3 heterocycles. The van der Waals surface area contributed by atoms with Crippen LogP contribution in [0.15, 0.2) is 48.8 Å². The third-order valence-electron chi connectivity index (χ3n) is 4.85. The van der Waals surface area contributed by atoms with Crippen LogP contribution in [-0.2, 0) is 4.74 Å². The van der Waals surface area contributed by atoms with Crippen molar-refractivity contribution in [2.24, 2.45) is 0 Å². The summed E-state index contributed by atoms with van der Waals surface area (Å²) in [6.07, 6.45) is 5.73. The third kappa shape index (κ3) is 2.87. The summed E-state index contributed by atoms with van der Waals surface area (Å²) < 4.78 is 11.8. The zero-order valence-corrected chi connectivity index (χ0v) is 13.4. The minimum Gasteiger partial charge on any atom is -0.487 e. The van der Waals surface area contributed by atoms with Crippen LogP contribution in [0.5, 0.6) is 5.75 Å². The molecule has 0 saturated carbocycles. The molecule has 1 aromatic heterocycles. The number of rotatable bonds is 2. The number of carbonyl (C=O) groups is 1. The molecule has 24 heavy (non-hydrogen) atoms. The molecule has 2 aromatic rings. The highest BCUT2D eigenvalue weighted by Crippen LogP contribution is 2.43. The maximum Gasteiger partial charge on any atom is 0.251 e. The molecular formula is C19H20N2O3. The first kappa shape index (κ1) is 15.1. The van der Waals surface area contributed by atoms with E-state index >= 15 is 0 Å². The van der Waals surface area contributed by atoms with Gasteiger partial charge in [-0.25, -0.2) is 0 Å². The first-order chi connectivity index (χ1) is 11.8. The normalized spacial score (nSPS) is 21.6. The largest absolute Gasteiger partial charge is 0.487 e. The zero-order chi connectivity index (χ0) is 16.4. The highest BCUT2D eigenvalue weighted by molar-refractivity contribution is 5.94. The fourth-order valence-electron chi connectivity index (χ4n) is 3.54. The number of amides is 1. The summed E-state index contributed by atoms with van der Waals surface area (Å²) in [6.45, 7) is 1.40. The zero-order valence-electron chi connectivity index (χ0n) is 13.4. The van der Waals surface area contributed by atoms with Gasteiger partial charge in [0.25, 0.3) is 5.91 Å². The van der Waals surface area contributed by atoms with Crippen LogP contribution >= 0.6 is 0 Å². The van der Waals surface area contributed by atoms with Crippen LogP contribution in [0.3, 0.4) is 0 Å². The minimum atomic E-state index is -0.247. The molecule has 5 heteroatoms. The van der Waals surface area contributed by atoms with Gasteiger partial charge < -0.3 is 14.8 Å². The van der Waals surface area contributed by atoms with Gasteiger partial charge in [0.2, 0.25) is 0 Å². The fourth-order valence-corrected chi connectivity index (χ4v) is 3.54. The van der Waals surface area contributed by atoms with Gasteiger partial charge in [0.05, 0.1) is 19.3 Å². The maximum atomic E-state index is 12.6. The van der Waals surface area contributed by atoms with Crippen LogP contribution in [0.1, 0.15) is 41.2 Å². The molecule has 0 unspecified atom stereocenters. The second kappa shape index (κ2) is 6.24. The van der Waals surface area contributed by atoms with E-state index in [0.717, 1.165) is 30.6 Å². The first-order valence-electron chi connectivity index (χ1n) is 8.32. The number of ether oxygens (including phenoxy) is 2. The predicted molar refractivity (Wildman–Crippen MR) is 88.9 cm³/mol. The third-order valence-corrected chi connectivity index (χ3v) is 4.85. The van der Waals surface area contributed by atoms with Gasteiger partial charge in [-0.15, -0.1) is 0 Å². The SMILES string of the molecule is O=C(N[C@@H]1CC2(CCOCC2)Oc2ccccc21)c1ccncc1. The molecule has 1 fully saturated rings. The fraction of sp³-hybridized carbons (Fsp3) is 0.368. The average Bonchev–Trinajstić information content (AvgIpc) is 2.63. The molecule has 4 rings (SSSR count). The molecule has 2 aliphatic rings. The Bertz CT molecular complexity index is 726. The molecule has 1 N–H and O–H groups in total. The molecule has 5 nitrogen and oxygen atoms in total. The van der Waals surface area contributed by atoms with Gasteiger partial charge in [0.15, 0.2) is 0 Å². The smallest absolute Gasteiger partial charge is 0.251 e.